The summed E-state index contributed by atoms with van der Waals surface area (Å²) in [5, 5.41) is 5.94. The van der Waals surface area contributed by atoms with Gasteiger partial charge >= 0.3 is 6.18 Å². The maximum absolute atomic E-state index is 12.5. The quantitative estimate of drug-likeness (QED) is 0.892. The van der Waals surface area contributed by atoms with Crippen molar-refractivity contribution in [2.75, 3.05) is 7.05 Å². The molecule has 0 aromatic carbocycles. The Morgan fingerprint density at radius 3 is 2.43 bits per heavy atom. The van der Waals surface area contributed by atoms with Crippen molar-refractivity contribution >= 4 is 15.9 Å². The summed E-state index contributed by atoms with van der Waals surface area (Å²) in [7, 11) is 2.73. The molecular weight excluding hydrogens is 263 g/mol. The van der Waals surface area contributed by atoms with E-state index >= 15 is 0 Å². The van der Waals surface area contributed by atoms with Gasteiger partial charge < -0.3 is 5.32 Å². The molecule has 3 nitrogen and oxygen atoms in total. The van der Waals surface area contributed by atoms with Crippen molar-refractivity contribution in [3.63, 3.8) is 0 Å². The third kappa shape index (κ3) is 2.09. The van der Waals surface area contributed by atoms with E-state index in [2.05, 4.69) is 26.3 Å². The number of nitrogens with zero attached hydrogens (tertiary/aromatic N) is 2. The Hall–Kier alpha value is -0.560. The zero-order valence-corrected chi connectivity index (χ0v) is 9.15. The van der Waals surface area contributed by atoms with E-state index in [4.69, 9.17) is 0 Å². The zero-order valence-electron chi connectivity index (χ0n) is 7.56. The van der Waals surface area contributed by atoms with Crippen molar-refractivity contribution in [3.05, 3.63) is 16.4 Å². The Kier molecular flexibility index (Phi) is 3.20. The number of rotatable bonds is 2. The normalized spacial score (nSPS) is 14.4. The predicted octanol–water partition coefficient (Wildman–Crippen LogP) is 2.01. The molecule has 0 amide bonds. The fourth-order valence-corrected chi connectivity index (χ4v) is 1.78. The topological polar surface area (TPSA) is 29.9 Å². The van der Waals surface area contributed by atoms with Gasteiger partial charge in [0.15, 0.2) is 0 Å². The Labute approximate surface area is 87.4 Å². The van der Waals surface area contributed by atoms with Crippen molar-refractivity contribution in [1.29, 1.82) is 0 Å². The summed E-state index contributed by atoms with van der Waals surface area (Å²) in [5.74, 6) is 0. The van der Waals surface area contributed by atoms with Gasteiger partial charge in [0.2, 0.25) is 0 Å². The van der Waals surface area contributed by atoms with Crippen LogP contribution < -0.4 is 5.32 Å². The van der Waals surface area contributed by atoms with Crippen molar-refractivity contribution in [3.8, 4) is 0 Å². The molecule has 0 aliphatic carbocycles. The molecule has 0 spiro atoms. The summed E-state index contributed by atoms with van der Waals surface area (Å²) in [6.45, 7) is 0. The third-order valence-corrected chi connectivity index (χ3v) is 2.44. The number of aryl methyl sites for hydroxylation is 1. The molecule has 1 rings (SSSR count). The Morgan fingerprint density at radius 2 is 2.14 bits per heavy atom. The Balaban J connectivity index is 3.13. The van der Waals surface area contributed by atoms with Gasteiger partial charge in [-0.25, -0.2) is 0 Å². The van der Waals surface area contributed by atoms with E-state index in [1.807, 2.05) is 0 Å². The molecule has 0 bridgehead atoms. The van der Waals surface area contributed by atoms with Crippen LogP contribution in [0.3, 0.4) is 0 Å². The number of hydrogen-bond acceptors (Lipinski definition) is 2. The van der Waals surface area contributed by atoms with Crippen LogP contribution in [0.25, 0.3) is 0 Å². The zero-order chi connectivity index (χ0) is 10.9. The first-order valence-electron chi connectivity index (χ1n) is 3.79. The number of aromatic nitrogens is 2. The molecule has 1 aromatic heterocycles. The molecule has 14 heavy (non-hydrogen) atoms. The molecule has 7 heteroatoms. The lowest BCUT2D eigenvalue weighted by atomic mass is 10.2. The second-order valence-electron chi connectivity index (χ2n) is 2.76. The van der Waals surface area contributed by atoms with Crippen LogP contribution >= 0.6 is 15.9 Å². The van der Waals surface area contributed by atoms with Gasteiger partial charge in [0.05, 0.1) is 16.4 Å². The summed E-state index contributed by atoms with van der Waals surface area (Å²) in [4.78, 5) is 0. The molecule has 1 heterocycles. The molecule has 0 saturated heterocycles. The van der Waals surface area contributed by atoms with Crippen LogP contribution in [0.2, 0.25) is 0 Å². The van der Waals surface area contributed by atoms with E-state index in [0.717, 1.165) is 0 Å². The van der Waals surface area contributed by atoms with Crippen LogP contribution in [0.1, 0.15) is 11.7 Å². The molecule has 1 N–H and O–H groups in total. The summed E-state index contributed by atoms with van der Waals surface area (Å²) >= 11 is 3.03. The molecule has 0 saturated carbocycles. The van der Waals surface area contributed by atoms with Crippen LogP contribution in [-0.2, 0) is 7.05 Å². The largest absolute Gasteiger partial charge is 0.409 e. The third-order valence-electron chi connectivity index (χ3n) is 1.83. The maximum atomic E-state index is 12.5. The molecule has 80 valence electrons. The molecule has 0 aliphatic rings. The highest BCUT2D eigenvalue weighted by Gasteiger charge is 2.42. The molecule has 0 aliphatic heterocycles. The summed E-state index contributed by atoms with van der Waals surface area (Å²) in [5.41, 5.74) is 0.0694. The van der Waals surface area contributed by atoms with Gasteiger partial charge in [0.25, 0.3) is 0 Å². The van der Waals surface area contributed by atoms with Gasteiger partial charge in [0, 0.05) is 7.05 Å². The molecule has 1 atom stereocenters. The van der Waals surface area contributed by atoms with E-state index in [-0.39, 0.29) is 5.69 Å². The van der Waals surface area contributed by atoms with E-state index < -0.39 is 12.2 Å². The van der Waals surface area contributed by atoms with Crippen LogP contribution in [0.4, 0.5) is 13.2 Å². The molecule has 1 aromatic rings. The van der Waals surface area contributed by atoms with E-state index in [1.165, 1.54) is 25.0 Å². The van der Waals surface area contributed by atoms with Crippen LogP contribution in [0.15, 0.2) is 10.7 Å². The lowest BCUT2D eigenvalue weighted by molar-refractivity contribution is -0.158. The van der Waals surface area contributed by atoms with Gasteiger partial charge in [-0.05, 0) is 23.0 Å². The first-order chi connectivity index (χ1) is 6.38. The summed E-state index contributed by atoms with van der Waals surface area (Å²) in [6, 6.07) is -1.70. The van der Waals surface area contributed by atoms with E-state index in [0.29, 0.717) is 4.47 Å². The molecule has 0 radical (unpaired) electrons. The van der Waals surface area contributed by atoms with Crippen LogP contribution in [0, 0.1) is 0 Å². The highest BCUT2D eigenvalue weighted by molar-refractivity contribution is 9.10. The van der Waals surface area contributed by atoms with Gasteiger partial charge in [-0.15, -0.1) is 0 Å². The van der Waals surface area contributed by atoms with Crippen LogP contribution in [-0.4, -0.2) is 23.0 Å². The number of halogens is 4. The van der Waals surface area contributed by atoms with Crippen molar-refractivity contribution < 1.29 is 13.2 Å². The first-order valence-corrected chi connectivity index (χ1v) is 4.58. The summed E-state index contributed by atoms with van der Waals surface area (Å²) in [6.07, 6.45) is -2.99. The second kappa shape index (κ2) is 3.90. The van der Waals surface area contributed by atoms with E-state index in [1.54, 1.807) is 0 Å². The first kappa shape index (κ1) is 11.5. The van der Waals surface area contributed by atoms with Gasteiger partial charge in [-0.2, -0.15) is 18.3 Å². The molecule has 1 unspecified atom stereocenters. The number of hydrogen-bond donors (Lipinski definition) is 1. The predicted molar refractivity (Wildman–Crippen MR) is 48.8 cm³/mol. The lowest BCUT2D eigenvalue weighted by Crippen LogP contribution is -2.33. The smallest absolute Gasteiger partial charge is 0.304 e. The Morgan fingerprint density at radius 1 is 1.57 bits per heavy atom. The SMILES string of the molecule is CNC(c1c(Br)cnn1C)C(F)(F)F. The summed E-state index contributed by atoms with van der Waals surface area (Å²) < 4.78 is 39.1. The van der Waals surface area contributed by atoms with Crippen molar-refractivity contribution in [2.45, 2.75) is 12.2 Å². The van der Waals surface area contributed by atoms with Gasteiger partial charge in [-0.3, -0.25) is 4.68 Å². The van der Waals surface area contributed by atoms with Crippen molar-refractivity contribution in [2.24, 2.45) is 7.05 Å². The average molecular weight is 272 g/mol. The molecular formula is C7H9BrF3N3. The maximum Gasteiger partial charge on any atom is 0.409 e. The minimum Gasteiger partial charge on any atom is -0.304 e. The van der Waals surface area contributed by atoms with E-state index in [9.17, 15) is 13.2 Å². The lowest BCUT2D eigenvalue weighted by Gasteiger charge is -2.20. The highest BCUT2D eigenvalue weighted by atomic mass is 79.9. The van der Waals surface area contributed by atoms with Crippen LogP contribution in [0.5, 0.6) is 0 Å². The minimum atomic E-state index is -4.33. The van der Waals surface area contributed by atoms with Gasteiger partial charge in [0.1, 0.15) is 6.04 Å². The van der Waals surface area contributed by atoms with Gasteiger partial charge in [-0.1, -0.05) is 0 Å². The monoisotopic (exact) mass is 271 g/mol. The fourth-order valence-electron chi connectivity index (χ4n) is 1.20. The standard InChI is InChI=1S/C7H9BrF3N3/c1-12-6(7(9,10)11)5-4(8)3-13-14(5)2/h3,6,12H,1-2H3. The van der Waals surface area contributed by atoms with Crippen molar-refractivity contribution in [1.82, 2.24) is 15.1 Å². The average Bonchev–Trinajstić information content (AvgIpc) is 2.34. The minimum absolute atomic E-state index is 0.0694. The number of nitrogens with one attached hydrogen (secondary N) is 1. The second-order valence-corrected chi connectivity index (χ2v) is 3.62. The fraction of sp³-hybridized carbons (Fsp3) is 0.571. The Bertz CT molecular complexity index is 301. The molecule has 0 fully saturated rings. The number of alkyl halides is 3. The highest BCUT2D eigenvalue weighted by Crippen LogP contribution is 2.35.